The first-order valence-corrected chi connectivity index (χ1v) is 8.94. The Kier molecular flexibility index (Phi) is 5.34. The number of hydrogen-bond donors (Lipinski definition) is 1. The van der Waals surface area contributed by atoms with Gasteiger partial charge in [-0.25, -0.2) is 0 Å². The Morgan fingerprint density at radius 2 is 1.85 bits per heavy atom. The monoisotopic (exact) mass is 384 g/mol. The fourth-order valence-electron chi connectivity index (χ4n) is 2.25. The Morgan fingerprint density at radius 1 is 1.19 bits per heavy atom. The Labute approximate surface area is 160 Å². The molecule has 0 bridgehead atoms. The van der Waals surface area contributed by atoms with Crippen molar-refractivity contribution in [3.8, 4) is 0 Å². The van der Waals surface area contributed by atoms with Gasteiger partial charge in [0.05, 0.1) is 4.91 Å². The van der Waals surface area contributed by atoms with Crippen molar-refractivity contribution in [1.82, 2.24) is 15.4 Å². The van der Waals surface area contributed by atoms with Gasteiger partial charge in [-0.2, -0.15) is 5.01 Å². The number of carbonyl (C=O) groups is 2. The lowest BCUT2D eigenvalue weighted by Gasteiger charge is -2.15. The second-order valence-corrected chi connectivity index (χ2v) is 7.36. The molecular weight excluding hydrogens is 368 g/mol. The van der Waals surface area contributed by atoms with Gasteiger partial charge in [0.15, 0.2) is 4.32 Å². The molecule has 3 rings (SSSR count). The highest BCUT2D eigenvalue weighted by Crippen LogP contribution is 2.31. The summed E-state index contributed by atoms with van der Waals surface area (Å²) < 4.78 is 0.286. The Balaban J connectivity index is 1.75. The molecule has 1 aliphatic heterocycles. The molecule has 0 aliphatic carbocycles. The molecule has 0 saturated carbocycles. The smallest absolute Gasteiger partial charge is 0.285 e. The van der Waals surface area contributed by atoms with Gasteiger partial charge >= 0.3 is 0 Å². The summed E-state index contributed by atoms with van der Waals surface area (Å²) in [6.45, 7) is 0. The highest BCUT2D eigenvalue weighted by atomic mass is 32.2. The Bertz CT molecular complexity index is 880. The molecule has 2 aromatic rings. The zero-order valence-electron chi connectivity index (χ0n) is 14.2. The molecule has 1 fully saturated rings. The van der Waals surface area contributed by atoms with Gasteiger partial charge in [-0.3, -0.25) is 20.0 Å². The van der Waals surface area contributed by atoms with E-state index in [-0.39, 0.29) is 10.2 Å². The van der Waals surface area contributed by atoms with Crippen LogP contribution in [-0.4, -0.2) is 40.2 Å². The van der Waals surface area contributed by atoms with E-state index in [1.165, 1.54) is 12.4 Å². The molecule has 1 aromatic heterocycles. The van der Waals surface area contributed by atoms with Gasteiger partial charge in [-0.05, 0) is 48.1 Å². The number of pyridine rings is 1. The van der Waals surface area contributed by atoms with Gasteiger partial charge in [0.1, 0.15) is 0 Å². The molecule has 1 aromatic carbocycles. The fraction of sp³-hybridized carbons (Fsp3) is 0.111. The zero-order chi connectivity index (χ0) is 18.7. The van der Waals surface area contributed by atoms with Crippen molar-refractivity contribution < 1.29 is 9.59 Å². The molecule has 0 atom stereocenters. The lowest BCUT2D eigenvalue weighted by Crippen LogP contribution is -2.44. The number of hydrogen-bond acceptors (Lipinski definition) is 6. The summed E-state index contributed by atoms with van der Waals surface area (Å²) in [5.74, 6) is -0.764. The van der Waals surface area contributed by atoms with E-state index in [1.807, 2.05) is 43.3 Å². The number of hydrazine groups is 1. The van der Waals surface area contributed by atoms with Crippen molar-refractivity contribution >= 4 is 51.9 Å². The lowest BCUT2D eigenvalue weighted by atomic mass is 10.2. The van der Waals surface area contributed by atoms with Crippen LogP contribution < -0.4 is 10.3 Å². The second kappa shape index (κ2) is 7.67. The van der Waals surface area contributed by atoms with Crippen LogP contribution >= 0.6 is 24.0 Å². The summed E-state index contributed by atoms with van der Waals surface area (Å²) >= 11 is 6.38. The Hall–Kier alpha value is -2.71. The van der Waals surface area contributed by atoms with E-state index in [4.69, 9.17) is 12.2 Å². The van der Waals surface area contributed by atoms with Crippen LogP contribution in [0.3, 0.4) is 0 Å². The summed E-state index contributed by atoms with van der Waals surface area (Å²) in [5.41, 5.74) is 4.90. The normalized spacial score (nSPS) is 15.5. The van der Waals surface area contributed by atoms with E-state index in [9.17, 15) is 9.59 Å². The van der Waals surface area contributed by atoms with Crippen LogP contribution in [0.4, 0.5) is 5.69 Å². The minimum absolute atomic E-state index is 0.286. The number of nitrogens with one attached hydrogen (secondary N) is 1. The number of carbonyl (C=O) groups excluding carboxylic acids is 2. The first kappa shape index (κ1) is 18.1. The third-order valence-corrected chi connectivity index (χ3v) is 4.96. The number of benzene rings is 1. The van der Waals surface area contributed by atoms with E-state index in [1.54, 1.807) is 18.2 Å². The molecule has 0 spiro atoms. The molecule has 1 N–H and O–H groups in total. The maximum atomic E-state index is 12.6. The molecule has 2 heterocycles. The highest BCUT2D eigenvalue weighted by molar-refractivity contribution is 8.26. The molecule has 1 saturated heterocycles. The number of anilines is 1. The van der Waals surface area contributed by atoms with Crippen molar-refractivity contribution in [2.45, 2.75) is 0 Å². The van der Waals surface area contributed by atoms with Gasteiger partial charge in [-0.1, -0.05) is 23.9 Å². The molecule has 132 valence electrons. The summed E-state index contributed by atoms with van der Waals surface area (Å²) in [6, 6.07) is 10.9. The SMILES string of the molecule is CN(C)c1ccc(C=C2SC(=S)N(NC(=O)c3ccncc3)C2=O)cc1. The van der Waals surface area contributed by atoms with Crippen LogP contribution in [0.2, 0.25) is 0 Å². The van der Waals surface area contributed by atoms with Gasteiger partial charge < -0.3 is 4.90 Å². The lowest BCUT2D eigenvalue weighted by molar-refractivity contribution is -0.123. The largest absolute Gasteiger partial charge is 0.378 e. The van der Waals surface area contributed by atoms with Crippen molar-refractivity contribution in [2.75, 3.05) is 19.0 Å². The molecular formula is C18H16N4O2S2. The first-order valence-electron chi connectivity index (χ1n) is 7.72. The third kappa shape index (κ3) is 3.92. The summed E-state index contributed by atoms with van der Waals surface area (Å²) in [7, 11) is 3.93. The minimum Gasteiger partial charge on any atom is -0.378 e. The van der Waals surface area contributed by atoms with E-state index >= 15 is 0 Å². The predicted molar refractivity (Wildman–Crippen MR) is 107 cm³/mol. The summed E-state index contributed by atoms with van der Waals surface area (Å²) in [4.78, 5) is 31.1. The van der Waals surface area contributed by atoms with Crippen LogP contribution in [0, 0.1) is 0 Å². The molecule has 8 heteroatoms. The third-order valence-electron chi connectivity index (χ3n) is 3.66. The average molecular weight is 384 g/mol. The van der Waals surface area contributed by atoms with Crippen molar-refractivity contribution in [1.29, 1.82) is 0 Å². The zero-order valence-corrected chi connectivity index (χ0v) is 15.8. The maximum absolute atomic E-state index is 12.6. The van der Waals surface area contributed by atoms with Gasteiger partial charge in [0.2, 0.25) is 0 Å². The van der Waals surface area contributed by atoms with E-state index < -0.39 is 5.91 Å². The van der Waals surface area contributed by atoms with Gasteiger partial charge in [0.25, 0.3) is 11.8 Å². The van der Waals surface area contributed by atoms with Crippen molar-refractivity contribution in [2.24, 2.45) is 0 Å². The average Bonchev–Trinajstić information content (AvgIpc) is 2.90. The molecule has 26 heavy (non-hydrogen) atoms. The number of thioether (sulfide) groups is 1. The number of thiocarbonyl (C=S) groups is 1. The topological polar surface area (TPSA) is 65.5 Å². The number of aromatic nitrogens is 1. The van der Waals surface area contributed by atoms with Gasteiger partial charge in [-0.15, -0.1) is 0 Å². The number of amides is 2. The van der Waals surface area contributed by atoms with Crippen molar-refractivity contribution in [3.63, 3.8) is 0 Å². The molecule has 0 unspecified atom stereocenters. The van der Waals surface area contributed by atoms with E-state index in [0.717, 1.165) is 28.0 Å². The minimum atomic E-state index is -0.416. The standard InChI is InChI=1S/C18H16N4O2S2/c1-21(2)14-5-3-12(4-6-14)11-15-17(24)22(18(25)26-15)20-16(23)13-7-9-19-10-8-13/h3-11H,1-2H3,(H,20,23). The Morgan fingerprint density at radius 3 is 2.46 bits per heavy atom. The highest BCUT2D eigenvalue weighted by Gasteiger charge is 2.33. The molecule has 2 amide bonds. The number of nitrogens with zero attached hydrogens (tertiary/aromatic N) is 3. The van der Waals surface area contributed by atoms with Crippen LogP contribution in [0.5, 0.6) is 0 Å². The predicted octanol–water partition coefficient (Wildman–Crippen LogP) is 2.69. The fourth-order valence-corrected chi connectivity index (χ4v) is 3.43. The van der Waals surface area contributed by atoms with E-state index in [2.05, 4.69) is 10.4 Å². The van der Waals surface area contributed by atoms with Crippen LogP contribution in [0.1, 0.15) is 15.9 Å². The molecule has 0 radical (unpaired) electrons. The molecule has 6 nitrogen and oxygen atoms in total. The summed E-state index contributed by atoms with van der Waals surface area (Å²) in [6.07, 6.45) is 4.78. The molecule has 1 aliphatic rings. The second-order valence-electron chi connectivity index (χ2n) is 5.68. The maximum Gasteiger partial charge on any atom is 0.285 e. The van der Waals surface area contributed by atoms with Crippen LogP contribution in [-0.2, 0) is 4.79 Å². The van der Waals surface area contributed by atoms with Gasteiger partial charge in [0, 0.05) is 37.7 Å². The van der Waals surface area contributed by atoms with Crippen LogP contribution in [0.25, 0.3) is 6.08 Å². The van der Waals surface area contributed by atoms with Crippen LogP contribution in [0.15, 0.2) is 53.7 Å². The summed E-state index contributed by atoms with van der Waals surface area (Å²) in [5, 5.41) is 1.10. The first-order chi connectivity index (χ1) is 12.5. The number of rotatable bonds is 4. The quantitative estimate of drug-likeness (QED) is 0.646. The van der Waals surface area contributed by atoms with E-state index in [0.29, 0.717) is 10.5 Å². The van der Waals surface area contributed by atoms with Crippen molar-refractivity contribution in [3.05, 3.63) is 64.8 Å².